The molecule has 0 aromatic carbocycles. The third-order valence-corrected chi connectivity index (χ3v) is 4.59. The van der Waals surface area contributed by atoms with E-state index in [0.717, 1.165) is 10.1 Å². The van der Waals surface area contributed by atoms with Crippen LogP contribution in [0.1, 0.15) is 9.67 Å². The molecule has 1 aliphatic heterocycles. The molecular formula is C13H14N4O3S. The number of anilines is 1. The summed E-state index contributed by atoms with van der Waals surface area (Å²) < 4.78 is 6.05. The lowest BCUT2D eigenvalue weighted by Gasteiger charge is -2.33. The van der Waals surface area contributed by atoms with E-state index < -0.39 is 11.9 Å². The monoisotopic (exact) mass is 306 g/mol. The van der Waals surface area contributed by atoms with Gasteiger partial charge in [0.2, 0.25) is 5.91 Å². The van der Waals surface area contributed by atoms with Crippen molar-refractivity contribution in [3.05, 3.63) is 23.3 Å². The van der Waals surface area contributed by atoms with E-state index in [9.17, 15) is 9.59 Å². The van der Waals surface area contributed by atoms with Crippen LogP contribution in [0, 0.1) is 0 Å². The molecule has 21 heavy (non-hydrogen) atoms. The van der Waals surface area contributed by atoms with Crippen molar-refractivity contribution in [2.45, 2.75) is 6.04 Å². The van der Waals surface area contributed by atoms with Crippen LogP contribution in [0.3, 0.4) is 0 Å². The van der Waals surface area contributed by atoms with Crippen molar-refractivity contribution in [2.24, 2.45) is 5.73 Å². The zero-order chi connectivity index (χ0) is 15.0. The van der Waals surface area contributed by atoms with E-state index in [0.29, 0.717) is 23.7 Å². The minimum absolute atomic E-state index is 0.118. The average molecular weight is 306 g/mol. The summed E-state index contributed by atoms with van der Waals surface area (Å²) in [5.41, 5.74) is 11.8. The van der Waals surface area contributed by atoms with Gasteiger partial charge in [0.15, 0.2) is 0 Å². The molecule has 3 heterocycles. The molecule has 8 heteroatoms. The molecule has 7 nitrogen and oxygen atoms in total. The van der Waals surface area contributed by atoms with Crippen molar-refractivity contribution in [3.63, 3.8) is 0 Å². The molecule has 0 saturated carbocycles. The number of pyridine rings is 1. The number of ether oxygens (including phenoxy) is 1. The number of hydrogen-bond donors (Lipinski definition) is 2. The Morgan fingerprint density at radius 1 is 1.48 bits per heavy atom. The van der Waals surface area contributed by atoms with Gasteiger partial charge in [-0.1, -0.05) is 0 Å². The summed E-state index contributed by atoms with van der Waals surface area (Å²) >= 11 is 1.27. The number of amides is 2. The lowest BCUT2D eigenvalue weighted by molar-refractivity contribution is -0.127. The van der Waals surface area contributed by atoms with E-state index >= 15 is 0 Å². The minimum atomic E-state index is -0.756. The number of primary amides is 1. The number of carbonyl (C=O) groups is 2. The topological polar surface area (TPSA) is 112 Å². The van der Waals surface area contributed by atoms with Crippen LogP contribution in [0.2, 0.25) is 0 Å². The summed E-state index contributed by atoms with van der Waals surface area (Å²) in [7, 11) is 0. The van der Waals surface area contributed by atoms with E-state index in [1.807, 2.05) is 0 Å². The van der Waals surface area contributed by atoms with Crippen LogP contribution in [-0.2, 0) is 9.53 Å². The van der Waals surface area contributed by atoms with E-state index in [1.165, 1.54) is 16.2 Å². The number of nitrogen functional groups attached to an aromatic ring is 1. The molecule has 1 aliphatic rings. The van der Waals surface area contributed by atoms with Crippen LogP contribution in [0.15, 0.2) is 18.5 Å². The number of hydrogen-bond acceptors (Lipinski definition) is 6. The second-order valence-corrected chi connectivity index (χ2v) is 5.76. The fraction of sp³-hybridized carbons (Fsp3) is 0.308. The maximum Gasteiger partial charge on any atom is 0.266 e. The van der Waals surface area contributed by atoms with Crippen LogP contribution >= 0.6 is 11.3 Å². The highest BCUT2D eigenvalue weighted by molar-refractivity contribution is 7.21. The molecule has 1 saturated heterocycles. The van der Waals surface area contributed by atoms with Crippen molar-refractivity contribution in [1.29, 1.82) is 0 Å². The Labute approximate surface area is 124 Å². The van der Waals surface area contributed by atoms with Gasteiger partial charge in [0.1, 0.15) is 10.9 Å². The molecule has 2 amide bonds. The van der Waals surface area contributed by atoms with E-state index in [2.05, 4.69) is 4.98 Å². The fourth-order valence-electron chi connectivity index (χ4n) is 2.34. The average Bonchev–Trinajstić information content (AvgIpc) is 2.84. The number of fused-ring (bicyclic) bond motifs is 1. The molecule has 4 N–H and O–H groups in total. The first-order valence-electron chi connectivity index (χ1n) is 6.39. The largest absolute Gasteiger partial charge is 0.397 e. The molecule has 3 rings (SSSR count). The first-order chi connectivity index (χ1) is 10.1. The molecule has 1 unspecified atom stereocenters. The molecule has 0 radical (unpaired) electrons. The van der Waals surface area contributed by atoms with Crippen molar-refractivity contribution in [1.82, 2.24) is 9.88 Å². The summed E-state index contributed by atoms with van der Waals surface area (Å²) in [5.74, 6) is -0.870. The Balaban J connectivity index is 1.99. The summed E-state index contributed by atoms with van der Waals surface area (Å²) in [4.78, 5) is 30.0. The molecule has 1 fully saturated rings. The zero-order valence-corrected chi connectivity index (χ0v) is 11.9. The molecule has 0 aliphatic carbocycles. The van der Waals surface area contributed by atoms with Crippen LogP contribution in [0.4, 0.5) is 5.69 Å². The number of nitrogens with zero attached hydrogens (tertiary/aromatic N) is 2. The molecule has 0 spiro atoms. The van der Waals surface area contributed by atoms with Gasteiger partial charge < -0.3 is 21.1 Å². The Hall–Kier alpha value is -2.19. The Kier molecular flexibility index (Phi) is 3.48. The summed E-state index contributed by atoms with van der Waals surface area (Å²) in [6.45, 7) is 0.813. The third kappa shape index (κ3) is 2.32. The predicted octanol–water partition coefficient (Wildman–Crippen LogP) is 0.205. The highest BCUT2D eigenvalue weighted by Gasteiger charge is 2.33. The van der Waals surface area contributed by atoms with Crippen LogP contribution in [0.5, 0.6) is 0 Å². The minimum Gasteiger partial charge on any atom is -0.397 e. The van der Waals surface area contributed by atoms with Crippen molar-refractivity contribution in [3.8, 4) is 0 Å². The van der Waals surface area contributed by atoms with Gasteiger partial charge in [0.05, 0.1) is 23.6 Å². The second kappa shape index (κ2) is 5.30. The second-order valence-electron chi connectivity index (χ2n) is 4.71. The Bertz CT molecular complexity index is 715. The summed E-state index contributed by atoms with van der Waals surface area (Å²) in [6.07, 6.45) is 3.29. The van der Waals surface area contributed by atoms with Gasteiger partial charge in [-0.15, -0.1) is 11.3 Å². The van der Waals surface area contributed by atoms with Gasteiger partial charge in [-0.05, 0) is 6.07 Å². The first-order valence-corrected chi connectivity index (χ1v) is 7.21. The quantitative estimate of drug-likeness (QED) is 0.823. The molecule has 0 bridgehead atoms. The lowest BCUT2D eigenvalue weighted by atomic mass is 10.2. The molecule has 110 valence electrons. The molecule has 1 atom stereocenters. The van der Waals surface area contributed by atoms with Crippen LogP contribution < -0.4 is 11.5 Å². The van der Waals surface area contributed by atoms with Gasteiger partial charge in [0.25, 0.3) is 5.91 Å². The van der Waals surface area contributed by atoms with Gasteiger partial charge in [-0.3, -0.25) is 14.6 Å². The van der Waals surface area contributed by atoms with Gasteiger partial charge in [0, 0.05) is 24.3 Å². The smallest absolute Gasteiger partial charge is 0.266 e. The molecule has 2 aromatic heterocycles. The van der Waals surface area contributed by atoms with Crippen LogP contribution in [-0.4, -0.2) is 47.5 Å². The van der Waals surface area contributed by atoms with Gasteiger partial charge in [-0.2, -0.15) is 0 Å². The third-order valence-electron chi connectivity index (χ3n) is 3.44. The Morgan fingerprint density at radius 2 is 2.29 bits per heavy atom. The SMILES string of the molecule is NC(=O)C1COCCN1C(=O)c1sc2cnccc2c1N. The maximum absolute atomic E-state index is 12.7. The number of morpholine rings is 1. The summed E-state index contributed by atoms with van der Waals surface area (Å²) in [5, 5.41) is 0.794. The normalized spacial score (nSPS) is 18.9. The number of nitrogens with two attached hydrogens (primary N) is 2. The highest BCUT2D eigenvalue weighted by atomic mass is 32.1. The van der Waals surface area contributed by atoms with Crippen molar-refractivity contribution >= 4 is 38.9 Å². The van der Waals surface area contributed by atoms with E-state index in [-0.39, 0.29) is 12.5 Å². The van der Waals surface area contributed by atoms with Crippen molar-refractivity contribution in [2.75, 3.05) is 25.5 Å². The predicted molar refractivity (Wildman–Crippen MR) is 78.9 cm³/mol. The maximum atomic E-state index is 12.7. The molecular weight excluding hydrogens is 292 g/mol. The Morgan fingerprint density at radius 3 is 3.00 bits per heavy atom. The lowest BCUT2D eigenvalue weighted by Crippen LogP contribution is -2.54. The number of carbonyl (C=O) groups excluding carboxylic acids is 2. The standard InChI is InChI=1S/C13H14N4O3S/c14-10-7-1-2-16-5-9(7)21-11(10)13(19)17-3-4-20-6-8(17)12(15)18/h1-2,5,8H,3-4,6,14H2,(H2,15,18). The number of rotatable bonds is 2. The van der Waals surface area contributed by atoms with Gasteiger partial charge >= 0.3 is 0 Å². The first kappa shape index (κ1) is 13.8. The van der Waals surface area contributed by atoms with E-state index in [1.54, 1.807) is 18.5 Å². The van der Waals surface area contributed by atoms with Crippen LogP contribution in [0.25, 0.3) is 10.1 Å². The fourth-order valence-corrected chi connectivity index (χ4v) is 3.39. The number of aromatic nitrogens is 1. The molecule has 2 aromatic rings. The van der Waals surface area contributed by atoms with Gasteiger partial charge in [-0.25, -0.2) is 0 Å². The summed E-state index contributed by atoms with van der Waals surface area (Å²) in [6, 6.07) is 1.01. The van der Waals surface area contributed by atoms with Crippen molar-refractivity contribution < 1.29 is 14.3 Å². The highest BCUT2D eigenvalue weighted by Crippen LogP contribution is 2.34. The number of thiophene rings is 1. The zero-order valence-electron chi connectivity index (χ0n) is 11.1. The van der Waals surface area contributed by atoms with E-state index in [4.69, 9.17) is 16.2 Å².